The smallest absolute Gasteiger partial charge is 0.161 e. The van der Waals surface area contributed by atoms with Crippen LogP contribution in [0.5, 0.6) is 0 Å². The molecule has 0 saturated heterocycles. The fourth-order valence-electron chi connectivity index (χ4n) is 2.78. The first-order chi connectivity index (χ1) is 9.19. The van der Waals surface area contributed by atoms with Crippen molar-refractivity contribution < 1.29 is 4.39 Å². The van der Waals surface area contributed by atoms with Crippen LogP contribution < -0.4 is 5.32 Å². The number of aliphatic imine (C=N–C) groups is 1. The van der Waals surface area contributed by atoms with Gasteiger partial charge in [-0.2, -0.15) is 0 Å². The first-order valence-corrected chi connectivity index (χ1v) is 8.35. The minimum absolute atomic E-state index is 0.251. The molecule has 0 unspecified atom stereocenters. The van der Waals surface area contributed by atoms with Crippen LogP contribution in [0.15, 0.2) is 27.7 Å². The molecule has 0 atom stereocenters. The molecule has 0 amide bonds. The maximum Gasteiger partial charge on any atom is 0.161 e. The molecule has 1 spiro atoms. The highest BCUT2D eigenvalue weighted by atomic mass is 79.9. The highest BCUT2D eigenvalue weighted by Crippen LogP contribution is 2.43. The van der Waals surface area contributed by atoms with Crippen molar-refractivity contribution in [3.05, 3.63) is 28.5 Å². The van der Waals surface area contributed by atoms with Gasteiger partial charge in [-0.1, -0.05) is 30.7 Å². The molecule has 2 nitrogen and oxygen atoms in total. The van der Waals surface area contributed by atoms with Gasteiger partial charge >= 0.3 is 0 Å². The summed E-state index contributed by atoms with van der Waals surface area (Å²) >= 11 is 5.09. The van der Waals surface area contributed by atoms with Gasteiger partial charge in [0, 0.05) is 16.8 Å². The lowest BCUT2D eigenvalue weighted by Crippen LogP contribution is -2.30. The van der Waals surface area contributed by atoms with E-state index in [1.807, 2.05) is 6.07 Å². The van der Waals surface area contributed by atoms with Gasteiger partial charge in [-0.3, -0.25) is 4.99 Å². The summed E-state index contributed by atoms with van der Waals surface area (Å²) in [7, 11) is 0. The molecule has 2 aliphatic rings. The van der Waals surface area contributed by atoms with Gasteiger partial charge < -0.3 is 5.32 Å². The Bertz CT molecular complexity index is 492. The van der Waals surface area contributed by atoms with Crippen molar-refractivity contribution in [2.75, 3.05) is 17.6 Å². The average molecular weight is 343 g/mol. The van der Waals surface area contributed by atoms with Gasteiger partial charge in [0.25, 0.3) is 0 Å². The van der Waals surface area contributed by atoms with Crippen molar-refractivity contribution in [2.45, 2.75) is 25.7 Å². The highest BCUT2D eigenvalue weighted by molar-refractivity contribution is 9.10. The zero-order valence-corrected chi connectivity index (χ0v) is 13.0. The van der Waals surface area contributed by atoms with Gasteiger partial charge in [0.15, 0.2) is 5.17 Å². The normalized spacial score (nSPS) is 21.5. The summed E-state index contributed by atoms with van der Waals surface area (Å²) in [5, 5.41) is 3.95. The SMILES string of the molecule is Fc1cccc(Br)c1NC1=NCC2(CCCC2)CS1. The van der Waals surface area contributed by atoms with Gasteiger partial charge in [-0.05, 0) is 46.3 Å². The molecule has 5 heteroatoms. The van der Waals surface area contributed by atoms with Crippen molar-refractivity contribution >= 4 is 38.5 Å². The molecule has 0 radical (unpaired) electrons. The molecule has 3 rings (SSSR count). The fourth-order valence-corrected chi connectivity index (χ4v) is 4.37. The summed E-state index contributed by atoms with van der Waals surface area (Å²) in [5.41, 5.74) is 0.901. The van der Waals surface area contributed by atoms with Crippen molar-refractivity contribution in [2.24, 2.45) is 10.4 Å². The average Bonchev–Trinajstić information content (AvgIpc) is 2.85. The van der Waals surface area contributed by atoms with Gasteiger partial charge in [0.2, 0.25) is 0 Å². The predicted molar refractivity (Wildman–Crippen MR) is 83.4 cm³/mol. The third kappa shape index (κ3) is 2.82. The first kappa shape index (κ1) is 13.4. The maximum atomic E-state index is 13.7. The maximum absolute atomic E-state index is 13.7. The fraction of sp³-hybridized carbons (Fsp3) is 0.500. The zero-order valence-electron chi connectivity index (χ0n) is 10.6. The Morgan fingerprint density at radius 1 is 1.32 bits per heavy atom. The second kappa shape index (κ2) is 5.44. The van der Waals surface area contributed by atoms with Crippen LogP contribution in [0.4, 0.5) is 10.1 Å². The van der Waals surface area contributed by atoms with E-state index in [0.717, 1.165) is 21.9 Å². The number of para-hydroxylation sites is 1. The molecule has 1 aromatic rings. The molecule has 102 valence electrons. The van der Waals surface area contributed by atoms with Crippen LogP contribution >= 0.6 is 27.7 Å². The third-order valence-corrected chi connectivity index (χ3v) is 5.85. The Kier molecular flexibility index (Phi) is 3.85. The molecular formula is C14H16BrFN2S. The van der Waals surface area contributed by atoms with E-state index in [-0.39, 0.29) is 5.82 Å². The Morgan fingerprint density at radius 2 is 2.11 bits per heavy atom. The van der Waals surface area contributed by atoms with Gasteiger partial charge in [-0.15, -0.1) is 0 Å². The second-order valence-electron chi connectivity index (χ2n) is 5.34. The Morgan fingerprint density at radius 3 is 2.74 bits per heavy atom. The molecule has 0 bridgehead atoms. The van der Waals surface area contributed by atoms with Gasteiger partial charge in [0.05, 0.1) is 5.69 Å². The quantitative estimate of drug-likeness (QED) is 0.802. The van der Waals surface area contributed by atoms with Crippen LogP contribution in [0.1, 0.15) is 25.7 Å². The summed E-state index contributed by atoms with van der Waals surface area (Å²) in [5.74, 6) is 0.851. The molecule has 1 aromatic carbocycles. The number of hydrogen-bond donors (Lipinski definition) is 1. The van der Waals surface area contributed by atoms with E-state index in [1.54, 1.807) is 17.8 Å². The van der Waals surface area contributed by atoms with Crippen molar-refractivity contribution in [3.63, 3.8) is 0 Å². The Balaban J connectivity index is 1.73. The zero-order chi connectivity index (χ0) is 13.3. The van der Waals surface area contributed by atoms with Crippen LogP contribution in [0.3, 0.4) is 0 Å². The van der Waals surface area contributed by atoms with E-state index < -0.39 is 0 Å². The number of amidine groups is 1. The van der Waals surface area contributed by atoms with E-state index in [9.17, 15) is 4.39 Å². The molecule has 1 heterocycles. The highest BCUT2D eigenvalue weighted by Gasteiger charge is 2.36. The van der Waals surface area contributed by atoms with Crippen LogP contribution in [0.2, 0.25) is 0 Å². The number of nitrogens with zero attached hydrogens (tertiary/aromatic N) is 1. The Hall–Kier alpha value is -0.550. The minimum atomic E-state index is -0.251. The number of rotatable bonds is 1. The van der Waals surface area contributed by atoms with E-state index in [4.69, 9.17) is 0 Å². The summed E-state index contributed by atoms with van der Waals surface area (Å²) in [6, 6.07) is 4.98. The number of hydrogen-bond acceptors (Lipinski definition) is 3. The van der Waals surface area contributed by atoms with Crippen LogP contribution in [-0.2, 0) is 0 Å². The largest absolute Gasteiger partial charge is 0.332 e. The topological polar surface area (TPSA) is 24.4 Å². The van der Waals surface area contributed by atoms with E-state index >= 15 is 0 Å². The van der Waals surface area contributed by atoms with E-state index in [0.29, 0.717) is 11.1 Å². The minimum Gasteiger partial charge on any atom is -0.332 e. The molecule has 1 aliphatic heterocycles. The number of anilines is 1. The Labute approximate surface area is 125 Å². The van der Waals surface area contributed by atoms with Crippen LogP contribution in [0.25, 0.3) is 0 Å². The monoisotopic (exact) mass is 342 g/mol. The first-order valence-electron chi connectivity index (χ1n) is 6.57. The number of halogens is 2. The summed E-state index contributed by atoms with van der Waals surface area (Å²) in [6.07, 6.45) is 5.25. The van der Waals surface area contributed by atoms with Crippen molar-refractivity contribution in [1.29, 1.82) is 0 Å². The van der Waals surface area contributed by atoms with Crippen molar-refractivity contribution in [1.82, 2.24) is 0 Å². The summed E-state index contributed by atoms with van der Waals surface area (Å²) in [4.78, 5) is 4.62. The predicted octanol–water partition coefficient (Wildman–Crippen LogP) is 4.66. The third-order valence-electron chi connectivity index (χ3n) is 3.93. The van der Waals surface area contributed by atoms with Gasteiger partial charge in [0.1, 0.15) is 5.82 Å². The van der Waals surface area contributed by atoms with Crippen LogP contribution in [0, 0.1) is 11.2 Å². The number of benzene rings is 1. The van der Waals surface area contributed by atoms with E-state index in [1.165, 1.54) is 31.7 Å². The standard InChI is InChI=1S/C14H16BrFN2S/c15-10-4-3-5-11(16)12(10)18-13-17-8-14(9-19-13)6-1-2-7-14/h3-5H,1-2,6-9H2,(H,17,18). The molecule has 1 N–H and O–H groups in total. The lowest BCUT2D eigenvalue weighted by molar-refractivity contribution is 0.359. The summed E-state index contributed by atoms with van der Waals surface area (Å²) in [6.45, 7) is 0.883. The molecule has 1 saturated carbocycles. The van der Waals surface area contributed by atoms with E-state index in [2.05, 4.69) is 26.2 Å². The molecule has 1 aliphatic carbocycles. The number of nitrogens with one attached hydrogen (secondary N) is 1. The molecule has 0 aromatic heterocycles. The lowest BCUT2D eigenvalue weighted by Gasteiger charge is -2.31. The van der Waals surface area contributed by atoms with Crippen LogP contribution in [-0.4, -0.2) is 17.5 Å². The second-order valence-corrected chi connectivity index (χ2v) is 7.16. The van der Waals surface area contributed by atoms with Gasteiger partial charge in [-0.25, -0.2) is 4.39 Å². The van der Waals surface area contributed by atoms with Crippen molar-refractivity contribution in [3.8, 4) is 0 Å². The lowest BCUT2D eigenvalue weighted by atomic mass is 9.89. The summed E-state index contributed by atoms with van der Waals surface area (Å²) < 4.78 is 14.5. The molecule has 1 fully saturated rings. The molecular weight excluding hydrogens is 327 g/mol. The number of thioether (sulfide) groups is 1. The molecule has 19 heavy (non-hydrogen) atoms.